The van der Waals surface area contributed by atoms with Crippen LogP contribution in [-0.2, 0) is 12.8 Å². The molecule has 0 bridgehead atoms. The first-order valence-electron chi connectivity index (χ1n) is 10.3. The third-order valence-corrected chi connectivity index (χ3v) is 5.58. The van der Waals surface area contributed by atoms with Crippen molar-refractivity contribution in [2.24, 2.45) is 0 Å². The number of benzene rings is 3. The van der Waals surface area contributed by atoms with Crippen molar-refractivity contribution in [2.75, 3.05) is 19.7 Å². The molecule has 0 aromatic heterocycles. The smallest absolute Gasteiger partial charge is 0.253 e. The maximum absolute atomic E-state index is 13.1. The molecule has 0 unspecified atom stereocenters. The quantitative estimate of drug-likeness (QED) is 0.378. The van der Waals surface area contributed by atoms with E-state index in [1.165, 1.54) is 11.1 Å². The molecule has 0 N–H and O–H groups in total. The summed E-state index contributed by atoms with van der Waals surface area (Å²) in [5.41, 5.74) is 2.96. The molecular formula is C26H25BrN2O2. The van der Waals surface area contributed by atoms with Gasteiger partial charge in [0.15, 0.2) is 0 Å². The topological polar surface area (TPSA) is 53.3 Å². The highest BCUT2D eigenvalue weighted by atomic mass is 79.9. The summed E-state index contributed by atoms with van der Waals surface area (Å²) in [7, 11) is 0. The molecule has 0 atom stereocenters. The lowest BCUT2D eigenvalue weighted by atomic mass is 10.1. The van der Waals surface area contributed by atoms with Gasteiger partial charge in [-0.2, -0.15) is 5.26 Å². The Bertz CT molecular complexity index is 1020. The Kier molecular flexibility index (Phi) is 8.69. The van der Waals surface area contributed by atoms with Crippen molar-refractivity contribution in [1.82, 2.24) is 4.90 Å². The predicted molar refractivity (Wildman–Crippen MR) is 126 cm³/mol. The fourth-order valence-corrected chi connectivity index (χ4v) is 3.76. The molecule has 3 aromatic rings. The maximum Gasteiger partial charge on any atom is 0.253 e. The molecule has 0 aliphatic heterocycles. The first-order chi connectivity index (χ1) is 15.2. The maximum atomic E-state index is 13.1. The van der Waals surface area contributed by atoms with E-state index >= 15 is 0 Å². The Morgan fingerprint density at radius 1 is 0.903 bits per heavy atom. The SMILES string of the molecule is N#CCCN(CCc1ccccc1)C(=O)c1ccc(OCCc2ccccc2)c(Br)c1. The predicted octanol–water partition coefficient (Wildman–Crippen LogP) is 5.67. The second-order valence-corrected chi connectivity index (χ2v) is 8.02. The molecule has 1 amide bonds. The zero-order valence-corrected chi connectivity index (χ0v) is 18.9. The average Bonchev–Trinajstić information content (AvgIpc) is 2.81. The van der Waals surface area contributed by atoms with Crippen LogP contribution in [0.2, 0.25) is 0 Å². The molecule has 0 heterocycles. The molecule has 158 valence electrons. The van der Waals surface area contributed by atoms with Gasteiger partial charge in [0.05, 0.1) is 23.6 Å². The highest BCUT2D eigenvalue weighted by Gasteiger charge is 2.17. The van der Waals surface area contributed by atoms with E-state index in [9.17, 15) is 4.79 Å². The van der Waals surface area contributed by atoms with E-state index in [2.05, 4.69) is 34.1 Å². The van der Waals surface area contributed by atoms with Crippen LogP contribution in [0, 0.1) is 11.3 Å². The molecule has 4 nitrogen and oxygen atoms in total. The average molecular weight is 477 g/mol. The third-order valence-electron chi connectivity index (χ3n) is 4.96. The number of rotatable bonds is 10. The van der Waals surface area contributed by atoms with Crippen molar-refractivity contribution in [3.63, 3.8) is 0 Å². The van der Waals surface area contributed by atoms with Gasteiger partial charge in [-0.25, -0.2) is 0 Å². The van der Waals surface area contributed by atoms with Crippen molar-refractivity contribution in [3.05, 3.63) is 100 Å². The van der Waals surface area contributed by atoms with E-state index in [0.717, 1.165) is 17.3 Å². The Hall–Kier alpha value is -3.10. The van der Waals surface area contributed by atoms with Crippen molar-refractivity contribution in [2.45, 2.75) is 19.3 Å². The van der Waals surface area contributed by atoms with E-state index in [1.807, 2.05) is 54.6 Å². The van der Waals surface area contributed by atoms with E-state index in [1.54, 1.807) is 17.0 Å². The highest BCUT2D eigenvalue weighted by molar-refractivity contribution is 9.10. The molecule has 5 heteroatoms. The first kappa shape index (κ1) is 22.6. The summed E-state index contributed by atoms with van der Waals surface area (Å²) in [5.74, 6) is 0.628. The molecule has 0 fully saturated rings. The summed E-state index contributed by atoms with van der Waals surface area (Å²) >= 11 is 3.53. The molecule has 0 radical (unpaired) electrons. The third kappa shape index (κ3) is 6.97. The fraction of sp³-hybridized carbons (Fsp3) is 0.231. The van der Waals surface area contributed by atoms with Gasteiger partial charge < -0.3 is 9.64 Å². The molecule has 31 heavy (non-hydrogen) atoms. The molecular weight excluding hydrogens is 452 g/mol. The van der Waals surface area contributed by atoms with E-state index in [0.29, 0.717) is 37.4 Å². The monoisotopic (exact) mass is 476 g/mol. The minimum Gasteiger partial charge on any atom is -0.492 e. The van der Waals surface area contributed by atoms with Crippen molar-refractivity contribution in [3.8, 4) is 11.8 Å². The lowest BCUT2D eigenvalue weighted by Crippen LogP contribution is -2.33. The minimum absolute atomic E-state index is 0.0808. The number of amides is 1. The standard InChI is InChI=1S/C26H25BrN2O2/c27-24-20-23(12-13-25(24)31-19-15-22-10-5-2-6-11-22)26(30)29(17-7-16-28)18-14-21-8-3-1-4-9-21/h1-6,8-13,20H,7,14-15,17-19H2. The first-order valence-corrected chi connectivity index (χ1v) is 11.1. The van der Waals surface area contributed by atoms with Crippen LogP contribution in [0.3, 0.4) is 0 Å². The molecule has 3 rings (SSSR count). The molecule has 0 aliphatic rings. The number of carbonyl (C=O) groups excluding carboxylic acids is 1. The summed E-state index contributed by atoms with van der Waals surface area (Å²) in [6.07, 6.45) is 1.87. The van der Waals surface area contributed by atoms with Gasteiger partial charge in [0.25, 0.3) is 5.91 Å². The van der Waals surface area contributed by atoms with Crippen LogP contribution in [0.4, 0.5) is 0 Å². The fourth-order valence-electron chi connectivity index (χ4n) is 3.27. The van der Waals surface area contributed by atoms with Gasteiger partial charge in [-0.05, 0) is 51.7 Å². The van der Waals surface area contributed by atoms with Gasteiger partial charge in [-0.1, -0.05) is 60.7 Å². The summed E-state index contributed by atoms with van der Waals surface area (Å²) < 4.78 is 6.64. The van der Waals surface area contributed by atoms with Crippen LogP contribution in [-0.4, -0.2) is 30.5 Å². The lowest BCUT2D eigenvalue weighted by Gasteiger charge is -2.22. The van der Waals surface area contributed by atoms with Crippen molar-refractivity contribution in [1.29, 1.82) is 5.26 Å². The normalized spacial score (nSPS) is 10.3. The van der Waals surface area contributed by atoms with Crippen LogP contribution >= 0.6 is 15.9 Å². The van der Waals surface area contributed by atoms with E-state index in [-0.39, 0.29) is 5.91 Å². The summed E-state index contributed by atoms with van der Waals surface area (Å²) in [6.45, 7) is 1.54. The van der Waals surface area contributed by atoms with Gasteiger partial charge in [-0.15, -0.1) is 0 Å². The Morgan fingerprint density at radius 2 is 1.55 bits per heavy atom. The van der Waals surface area contributed by atoms with E-state index < -0.39 is 0 Å². The van der Waals surface area contributed by atoms with Crippen LogP contribution < -0.4 is 4.74 Å². The second kappa shape index (κ2) is 11.9. The highest BCUT2D eigenvalue weighted by Crippen LogP contribution is 2.27. The van der Waals surface area contributed by atoms with Gasteiger partial charge in [0.1, 0.15) is 5.75 Å². The minimum atomic E-state index is -0.0808. The van der Waals surface area contributed by atoms with Crippen LogP contribution in [0.15, 0.2) is 83.3 Å². The molecule has 0 spiro atoms. The Morgan fingerprint density at radius 3 is 2.16 bits per heavy atom. The summed E-state index contributed by atoms with van der Waals surface area (Å²) in [5, 5.41) is 8.99. The van der Waals surface area contributed by atoms with Crippen molar-refractivity contribution < 1.29 is 9.53 Å². The zero-order chi connectivity index (χ0) is 21.9. The largest absolute Gasteiger partial charge is 0.492 e. The summed E-state index contributed by atoms with van der Waals surface area (Å²) in [6, 6.07) is 27.8. The number of hydrogen-bond acceptors (Lipinski definition) is 3. The van der Waals surface area contributed by atoms with Crippen LogP contribution in [0.1, 0.15) is 27.9 Å². The molecule has 0 saturated heterocycles. The summed E-state index contributed by atoms with van der Waals surface area (Å²) in [4.78, 5) is 14.8. The lowest BCUT2D eigenvalue weighted by molar-refractivity contribution is 0.0760. The Balaban J connectivity index is 1.62. The number of hydrogen-bond donors (Lipinski definition) is 0. The number of carbonyl (C=O) groups is 1. The molecule has 0 aliphatic carbocycles. The number of nitriles is 1. The van der Waals surface area contributed by atoms with Gasteiger partial charge in [0.2, 0.25) is 0 Å². The van der Waals surface area contributed by atoms with Gasteiger partial charge in [-0.3, -0.25) is 4.79 Å². The van der Waals surface area contributed by atoms with Crippen LogP contribution in [0.5, 0.6) is 5.75 Å². The second-order valence-electron chi connectivity index (χ2n) is 7.17. The molecule has 3 aromatic carbocycles. The number of halogens is 1. The zero-order valence-electron chi connectivity index (χ0n) is 17.3. The van der Waals surface area contributed by atoms with Crippen LogP contribution in [0.25, 0.3) is 0 Å². The van der Waals surface area contributed by atoms with Gasteiger partial charge >= 0.3 is 0 Å². The Labute approximate surface area is 192 Å². The van der Waals surface area contributed by atoms with Crippen molar-refractivity contribution >= 4 is 21.8 Å². The number of nitrogens with zero attached hydrogens (tertiary/aromatic N) is 2. The van der Waals surface area contributed by atoms with Gasteiger partial charge in [0, 0.05) is 25.1 Å². The number of ether oxygens (including phenoxy) is 1. The van der Waals surface area contributed by atoms with E-state index in [4.69, 9.17) is 10.00 Å². The molecule has 0 saturated carbocycles.